The number of hydrogen-bond donors (Lipinski definition) is 2. The van der Waals surface area contributed by atoms with Crippen molar-refractivity contribution in [2.75, 3.05) is 11.1 Å². The lowest BCUT2D eigenvalue weighted by atomic mass is 10.1. The second-order valence-corrected chi connectivity index (χ2v) is 6.37. The van der Waals surface area contributed by atoms with Gasteiger partial charge in [0, 0.05) is 5.92 Å². The van der Waals surface area contributed by atoms with E-state index in [1.165, 1.54) is 11.3 Å². The Kier molecular flexibility index (Phi) is 4.18. The van der Waals surface area contributed by atoms with E-state index >= 15 is 0 Å². The molecule has 0 radical (unpaired) electrons. The van der Waals surface area contributed by atoms with E-state index in [-0.39, 0.29) is 17.6 Å². The second-order valence-electron chi connectivity index (χ2n) is 4.17. The zero-order valence-corrected chi connectivity index (χ0v) is 11.4. The topological polar surface area (TPSA) is 92.2 Å². The molecule has 1 unspecified atom stereocenters. The van der Waals surface area contributed by atoms with E-state index in [1.54, 1.807) is 0 Å². The summed E-state index contributed by atoms with van der Waals surface area (Å²) in [7, 11) is 0. The van der Waals surface area contributed by atoms with Crippen LogP contribution in [0.3, 0.4) is 0 Å². The highest BCUT2D eigenvalue weighted by Gasteiger charge is 2.32. The summed E-state index contributed by atoms with van der Waals surface area (Å²) in [6.07, 6.45) is 2.23. The maximum Gasteiger partial charge on any atom is 0.313 e. The molecule has 6 nitrogen and oxygen atoms in total. The molecule has 0 spiro atoms. The first-order valence-electron chi connectivity index (χ1n) is 5.55. The van der Waals surface area contributed by atoms with Crippen LogP contribution in [-0.4, -0.2) is 32.9 Å². The summed E-state index contributed by atoms with van der Waals surface area (Å²) in [5.41, 5.74) is 0. The molecular formula is C10H13N3O3S2. The van der Waals surface area contributed by atoms with Gasteiger partial charge < -0.3 is 10.4 Å². The fourth-order valence-electron chi connectivity index (χ4n) is 1.47. The molecule has 1 aromatic heterocycles. The molecule has 1 atom stereocenters. The second kappa shape index (κ2) is 5.66. The van der Waals surface area contributed by atoms with Crippen LogP contribution in [0.15, 0.2) is 4.34 Å². The summed E-state index contributed by atoms with van der Waals surface area (Å²) in [6, 6.07) is 0. The Morgan fingerprint density at radius 1 is 1.56 bits per heavy atom. The van der Waals surface area contributed by atoms with Crippen LogP contribution in [0, 0.1) is 11.8 Å². The summed E-state index contributed by atoms with van der Waals surface area (Å²) >= 11 is 2.30. The van der Waals surface area contributed by atoms with Crippen molar-refractivity contribution in [3.8, 4) is 0 Å². The van der Waals surface area contributed by atoms with Gasteiger partial charge in [0.15, 0.2) is 4.34 Å². The van der Waals surface area contributed by atoms with Crippen LogP contribution >= 0.6 is 23.1 Å². The minimum absolute atomic E-state index is 0.00372. The molecule has 1 heterocycles. The molecule has 1 amide bonds. The lowest BCUT2D eigenvalue weighted by molar-refractivity contribution is -0.133. The Morgan fingerprint density at radius 3 is 2.89 bits per heavy atom. The molecule has 18 heavy (non-hydrogen) atoms. The molecule has 0 bridgehead atoms. The predicted octanol–water partition coefficient (Wildman–Crippen LogP) is 1.70. The fraction of sp³-hybridized carbons (Fsp3) is 0.600. The standard InChI is InChI=1S/C10H13N3O3S2/c1-5(6-2-3-6)8(16)11-9-12-13-10(18-9)17-4-7(14)15/h5-6H,2-4H2,1H3,(H,14,15)(H,11,12,16). The Balaban J connectivity index is 1.85. The van der Waals surface area contributed by atoms with Gasteiger partial charge in [0.25, 0.3) is 0 Å². The maximum atomic E-state index is 11.8. The van der Waals surface area contributed by atoms with E-state index in [0.717, 1.165) is 24.6 Å². The number of hydrogen-bond acceptors (Lipinski definition) is 6. The number of aliphatic carboxylic acids is 1. The number of aromatic nitrogens is 2. The van der Waals surface area contributed by atoms with Crippen LogP contribution in [0.4, 0.5) is 5.13 Å². The number of thioether (sulfide) groups is 1. The summed E-state index contributed by atoms with van der Waals surface area (Å²) < 4.78 is 0.548. The molecule has 1 saturated carbocycles. The maximum absolute atomic E-state index is 11.8. The molecule has 0 aliphatic heterocycles. The number of nitrogens with zero attached hydrogens (tertiary/aromatic N) is 2. The molecule has 1 fully saturated rings. The lowest BCUT2D eigenvalue weighted by Gasteiger charge is -2.07. The Hall–Kier alpha value is -1.15. The Morgan fingerprint density at radius 2 is 2.28 bits per heavy atom. The van der Waals surface area contributed by atoms with Gasteiger partial charge in [-0.05, 0) is 18.8 Å². The minimum Gasteiger partial charge on any atom is -0.481 e. The van der Waals surface area contributed by atoms with Gasteiger partial charge in [-0.1, -0.05) is 30.0 Å². The molecule has 8 heteroatoms. The van der Waals surface area contributed by atoms with Crippen LogP contribution in [0.2, 0.25) is 0 Å². The van der Waals surface area contributed by atoms with E-state index in [2.05, 4.69) is 15.5 Å². The van der Waals surface area contributed by atoms with Crippen molar-refractivity contribution in [2.45, 2.75) is 24.1 Å². The van der Waals surface area contributed by atoms with Gasteiger partial charge in [-0.25, -0.2) is 0 Å². The molecule has 0 saturated heterocycles. The normalized spacial score (nSPS) is 16.3. The number of anilines is 1. The largest absolute Gasteiger partial charge is 0.481 e. The smallest absolute Gasteiger partial charge is 0.313 e. The highest BCUT2D eigenvalue weighted by molar-refractivity contribution is 8.01. The van der Waals surface area contributed by atoms with Gasteiger partial charge in [-0.3, -0.25) is 9.59 Å². The van der Waals surface area contributed by atoms with Crippen molar-refractivity contribution >= 4 is 40.1 Å². The van der Waals surface area contributed by atoms with Crippen LogP contribution in [0.1, 0.15) is 19.8 Å². The van der Waals surface area contributed by atoms with Gasteiger partial charge in [-0.15, -0.1) is 10.2 Å². The molecular weight excluding hydrogens is 274 g/mol. The third kappa shape index (κ3) is 3.67. The summed E-state index contributed by atoms with van der Waals surface area (Å²) in [6.45, 7) is 1.91. The van der Waals surface area contributed by atoms with E-state index in [9.17, 15) is 9.59 Å². The van der Waals surface area contributed by atoms with Crippen molar-refractivity contribution in [1.82, 2.24) is 10.2 Å². The van der Waals surface area contributed by atoms with Crippen LogP contribution < -0.4 is 5.32 Å². The third-order valence-corrected chi connectivity index (χ3v) is 4.66. The molecule has 98 valence electrons. The predicted molar refractivity (Wildman–Crippen MR) is 68.8 cm³/mol. The Bertz CT molecular complexity index is 459. The third-order valence-electron chi connectivity index (χ3n) is 2.70. The minimum atomic E-state index is -0.900. The van der Waals surface area contributed by atoms with Crippen LogP contribution in [0.25, 0.3) is 0 Å². The number of nitrogens with one attached hydrogen (secondary N) is 1. The highest BCUT2D eigenvalue weighted by Crippen LogP contribution is 2.37. The van der Waals surface area contributed by atoms with E-state index in [4.69, 9.17) is 5.11 Å². The van der Waals surface area contributed by atoms with Crippen molar-refractivity contribution in [3.05, 3.63) is 0 Å². The number of rotatable bonds is 6. The SMILES string of the molecule is CC(C(=O)Nc1nnc(SCC(=O)O)s1)C1CC1. The molecule has 2 N–H and O–H groups in total. The summed E-state index contributed by atoms with van der Waals surface area (Å²) in [5.74, 6) is -0.490. The number of amides is 1. The van der Waals surface area contributed by atoms with Crippen molar-refractivity contribution in [3.63, 3.8) is 0 Å². The summed E-state index contributed by atoms with van der Waals surface area (Å²) in [5, 5.41) is 19.3. The first-order valence-corrected chi connectivity index (χ1v) is 7.35. The van der Waals surface area contributed by atoms with E-state index in [0.29, 0.717) is 15.4 Å². The number of carbonyl (C=O) groups excluding carboxylic acids is 1. The van der Waals surface area contributed by atoms with Gasteiger partial charge >= 0.3 is 5.97 Å². The fourth-order valence-corrected chi connectivity index (χ4v) is 2.95. The quantitative estimate of drug-likeness (QED) is 0.611. The zero-order valence-electron chi connectivity index (χ0n) is 9.75. The van der Waals surface area contributed by atoms with Crippen LogP contribution in [0.5, 0.6) is 0 Å². The van der Waals surface area contributed by atoms with Crippen molar-refractivity contribution < 1.29 is 14.7 Å². The van der Waals surface area contributed by atoms with E-state index in [1.807, 2.05) is 6.92 Å². The van der Waals surface area contributed by atoms with Gasteiger partial charge in [0.2, 0.25) is 11.0 Å². The van der Waals surface area contributed by atoms with Crippen molar-refractivity contribution in [2.24, 2.45) is 11.8 Å². The van der Waals surface area contributed by atoms with Crippen LogP contribution in [-0.2, 0) is 9.59 Å². The first kappa shape index (κ1) is 13.3. The van der Waals surface area contributed by atoms with Gasteiger partial charge in [0.05, 0.1) is 5.75 Å². The monoisotopic (exact) mass is 287 g/mol. The molecule has 1 aromatic rings. The molecule has 1 aliphatic rings. The van der Waals surface area contributed by atoms with E-state index < -0.39 is 5.97 Å². The average molecular weight is 287 g/mol. The first-order chi connectivity index (χ1) is 8.56. The highest BCUT2D eigenvalue weighted by atomic mass is 32.2. The zero-order chi connectivity index (χ0) is 13.1. The summed E-state index contributed by atoms with van der Waals surface area (Å²) in [4.78, 5) is 22.2. The Labute approximate surface area is 112 Å². The number of carboxylic acid groups (broad SMARTS) is 1. The van der Waals surface area contributed by atoms with Gasteiger partial charge in [-0.2, -0.15) is 0 Å². The number of carboxylic acids is 1. The molecule has 0 aromatic carbocycles. The number of carbonyl (C=O) groups is 2. The van der Waals surface area contributed by atoms with Gasteiger partial charge in [0.1, 0.15) is 0 Å². The molecule has 2 rings (SSSR count). The van der Waals surface area contributed by atoms with Crippen molar-refractivity contribution in [1.29, 1.82) is 0 Å². The lowest BCUT2D eigenvalue weighted by Crippen LogP contribution is -2.21. The average Bonchev–Trinajstić information content (AvgIpc) is 3.07. The molecule has 1 aliphatic carbocycles.